The predicted octanol–water partition coefficient (Wildman–Crippen LogP) is -1.57. The molecule has 4 heteroatoms. The minimum Gasteiger partial charge on any atom is -0.347 e. The number of carbonyl (C=O) groups is 1. The Kier molecular flexibility index (Phi) is 4.72. The van der Waals surface area contributed by atoms with Gasteiger partial charge in [-0.15, -0.1) is 0 Å². The van der Waals surface area contributed by atoms with Crippen LogP contribution < -0.4 is 10.6 Å². The molecule has 0 atom stereocenters. The molecule has 0 aliphatic heterocycles. The molecule has 2 N–H and O–H groups in total. The molecule has 0 spiro atoms. The molecule has 0 rings (SSSR count). The van der Waals surface area contributed by atoms with Crippen LogP contribution in [0.15, 0.2) is 0 Å². The average molecular weight is 129 g/mol. The van der Waals surface area contributed by atoms with Gasteiger partial charge in [0.25, 0.3) is 0 Å². The third-order valence-corrected chi connectivity index (χ3v) is 0.695. The SMILES string of the molecule is CNCC(=O)NC[C]=O. The fourth-order valence-electron chi connectivity index (χ4n) is 0.358. The Labute approximate surface area is 53.6 Å². The van der Waals surface area contributed by atoms with Crippen molar-refractivity contribution in [2.45, 2.75) is 0 Å². The molecule has 1 radical (unpaired) electrons. The minimum atomic E-state index is -0.194. The average Bonchev–Trinajstić information content (AvgIpc) is 1.85. The third-order valence-electron chi connectivity index (χ3n) is 0.695. The standard InChI is InChI=1S/C5H9N2O2/c1-6-4-5(9)7-2-3-8/h6H,2,4H2,1H3,(H,7,9). The molecule has 0 aliphatic carbocycles. The summed E-state index contributed by atoms with van der Waals surface area (Å²) in [6.07, 6.45) is 1.55. The van der Waals surface area contributed by atoms with Crippen LogP contribution in [0.3, 0.4) is 0 Å². The van der Waals surface area contributed by atoms with Crippen molar-refractivity contribution in [2.24, 2.45) is 0 Å². The monoisotopic (exact) mass is 129 g/mol. The van der Waals surface area contributed by atoms with Crippen LogP contribution >= 0.6 is 0 Å². The van der Waals surface area contributed by atoms with E-state index in [9.17, 15) is 9.59 Å². The molecule has 0 aromatic rings. The molecule has 0 aromatic heterocycles. The number of hydrogen-bond donors (Lipinski definition) is 2. The molecule has 0 bridgehead atoms. The zero-order valence-corrected chi connectivity index (χ0v) is 5.23. The van der Waals surface area contributed by atoms with Crippen LogP contribution in [0.2, 0.25) is 0 Å². The Morgan fingerprint density at radius 3 is 2.78 bits per heavy atom. The molecular weight excluding hydrogens is 120 g/mol. The minimum absolute atomic E-state index is 0.0273. The maximum atomic E-state index is 10.4. The summed E-state index contributed by atoms with van der Waals surface area (Å²) in [5.74, 6) is -0.194. The fourth-order valence-corrected chi connectivity index (χ4v) is 0.358. The number of hydrogen-bond acceptors (Lipinski definition) is 3. The van der Waals surface area contributed by atoms with Gasteiger partial charge in [0.15, 0.2) is 0 Å². The third kappa shape index (κ3) is 4.96. The van der Waals surface area contributed by atoms with Crippen LogP contribution in [-0.2, 0) is 9.59 Å². The first-order valence-electron chi connectivity index (χ1n) is 2.57. The van der Waals surface area contributed by atoms with Gasteiger partial charge >= 0.3 is 0 Å². The highest BCUT2D eigenvalue weighted by Crippen LogP contribution is 1.57. The van der Waals surface area contributed by atoms with E-state index in [0.29, 0.717) is 0 Å². The second kappa shape index (κ2) is 5.24. The summed E-state index contributed by atoms with van der Waals surface area (Å²) in [7, 11) is 1.66. The molecule has 0 aliphatic rings. The van der Waals surface area contributed by atoms with E-state index in [4.69, 9.17) is 0 Å². The first-order chi connectivity index (χ1) is 4.31. The van der Waals surface area contributed by atoms with Crippen molar-refractivity contribution >= 4 is 12.2 Å². The van der Waals surface area contributed by atoms with E-state index in [1.807, 2.05) is 0 Å². The first kappa shape index (κ1) is 8.10. The Bertz CT molecular complexity index is 103. The number of amides is 1. The van der Waals surface area contributed by atoms with E-state index in [1.165, 1.54) is 0 Å². The van der Waals surface area contributed by atoms with Crippen molar-refractivity contribution < 1.29 is 9.59 Å². The van der Waals surface area contributed by atoms with Crippen LogP contribution in [-0.4, -0.2) is 32.3 Å². The van der Waals surface area contributed by atoms with Crippen molar-refractivity contribution in [3.05, 3.63) is 0 Å². The zero-order chi connectivity index (χ0) is 7.11. The summed E-state index contributed by atoms with van der Waals surface area (Å²) >= 11 is 0. The van der Waals surface area contributed by atoms with E-state index < -0.39 is 0 Å². The van der Waals surface area contributed by atoms with Crippen molar-refractivity contribution in [1.82, 2.24) is 10.6 Å². The normalized spacial score (nSPS) is 8.56. The van der Waals surface area contributed by atoms with Gasteiger partial charge in [-0.2, -0.15) is 0 Å². The van der Waals surface area contributed by atoms with Crippen LogP contribution in [0.25, 0.3) is 0 Å². The lowest BCUT2D eigenvalue weighted by Gasteiger charge is -1.96. The molecule has 0 fully saturated rings. The van der Waals surface area contributed by atoms with E-state index in [1.54, 1.807) is 13.3 Å². The molecule has 9 heavy (non-hydrogen) atoms. The van der Waals surface area contributed by atoms with Gasteiger partial charge in [0.1, 0.15) is 0 Å². The van der Waals surface area contributed by atoms with Gasteiger partial charge in [-0.1, -0.05) is 0 Å². The predicted molar refractivity (Wildman–Crippen MR) is 32.6 cm³/mol. The topological polar surface area (TPSA) is 58.2 Å². The van der Waals surface area contributed by atoms with Crippen LogP contribution in [0.5, 0.6) is 0 Å². The first-order valence-corrected chi connectivity index (χ1v) is 2.57. The van der Waals surface area contributed by atoms with Crippen LogP contribution in [0, 0.1) is 0 Å². The summed E-state index contributed by atoms with van der Waals surface area (Å²) in [5.41, 5.74) is 0. The summed E-state index contributed by atoms with van der Waals surface area (Å²) in [6, 6.07) is 0. The molecule has 1 amide bonds. The van der Waals surface area contributed by atoms with Gasteiger partial charge in [-0.3, -0.25) is 9.59 Å². The highest BCUT2D eigenvalue weighted by molar-refractivity contribution is 5.80. The molecule has 0 aromatic carbocycles. The maximum Gasteiger partial charge on any atom is 0.234 e. The van der Waals surface area contributed by atoms with Gasteiger partial charge in [-0.25, -0.2) is 0 Å². The Balaban J connectivity index is 3.16. The highest BCUT2D eigenvalue weighted by atomic mass is 16.2. The second-order valence-corrected chi connectivity index (χ2v) is 1.45. The second-order valence-electron chi connectivity index (χ2n) is 1.45. The van der Waals surface area contributed by atoms with E-state index in [-0.39, 0.29) is 19.0 Å². The summed E-state index contributed by atoms with van der Waals surface area (Å²) in [4.78, 5) is 20.0. The van der Waals surface area contributed by atoms with Crippen molar-refractivity contribution in [3.8, 4) is 0 Å². The van der Waals surface area contributed by atoms with Crippen LogP contribution in [0.4, 0.5) is 0 Å². The smallest absolute Gasteiger partial charge is 0.234 e. The van der Waals surface area contributed by atoms with E-state index >= 15 is 0 Å². The van der Waals surface area contributed by atoms with Crippen molar-refractivity contribution in [1.29, 1.82) is 0 Å². The number of carbonyl (C=O) groups excluding carboxylic acids is 2. The maximum absolute atomic E-state index is 10.4. The largest absolute Gasteiger partial charge is 0.347 e. The molecule has 0 saturated heterocycles. The molecule has 51 valence electrons. The quantitative estimate of drug-likeness (QED) is 0.482. The lowest BCUT2D eigenvalue weighted by molar-refractivity contribution is -0.119. The number of nitrogens with one attached hydrogen (secondary N) is 2. The Morgan fingerprint density at radius 1 is 1.67 bits per heavy atom. The molecule has 0 unspecified atom stereocenters. The van der Waals surface area contributed by atoms with Crippen LogP contribution in [0.1, 0.15) is 0 Å². The number of rotatable bonds is 4. The molecule has 0 heterocycles. The molecule has 0 saturated carbocycles. The molecular formula is C5H9N2O2. The lowest BCUT2D eigenvalue weighted by atomic mass is 10.5. The lowest BCUT2D eigenvalue weighted by Crippen LogP contribution is -2.33. The van der Waals surface area contributed by atoms with Gasteiger partial charge in [0.2, 0.25) is 12.2 Å². The fraction of sp³-hybridized carbons (Fsp3) is 0.600. The van der Waals surface area contributed by atoms with Crippen molar-refractivity contribution in [3.63, 3.8) is 0 Å². The zero-order valence-electron chi connectivity index (χ0n) is 5.23. The number of likely N-dealkylation sites (N-methyl/N-ethyl adjacent to an activating group) is 1. The van der Waals surface area contributed by atoms with E-state index in [0.717, 1.165) is 0 Å². The van der Waals surface area contributed by atoms with E-state index in [2.05, 4.69) is 10.6 Å². The summed E-state index contributed by atoms with van der Waals surface area (Å²) in [5, 5.41) is 4.94. The Morgan fingerprint density at radius 2 is 2.33 bits per heavy atom. The van der Waals surface area contributed by atoms with Gasteiger partial charge in [-0.05, 0) is 7.05 Å². The Hall–Kier alpha value is -0.900. The van der Waals surface area contributed by atoms with Crippen molar-refractivity contribution in [2.75, 3.05) is 20.1 Å². The molecule has 4 nitrogen and oxygen atoms in total. The summed E-state index contributed by atoms with van der Waals surface area (Å²) < 4.78 is 0. The summed E-state index contributed by atoms with van der Waals surface area (Å²) in [6.45, 7) is 0.211. The van der Waals surface area contributed by atoms with Gasteiger partial charge < -0.3 is 10.6 Å². The van der Waals surface area contributed by atoms with Gasteiger partial charge in [0.05, 0.1) is 13.1 Å². The van der Waals surface area contributed by atoms with Gasteiger partial charge in [0, 0.05) is 0 Å². The highest BCUT2D eigenvalue weighted by Gasteiger charge is 1.94.